The summed E-state index contributed by atoms with van der Waals surface area (Å²) in [5, 5.41) is 11.8. The minimum absolute atomic E-state index is 0.149. The Kier molecular flexibility index (Phi) is 5.39. The second-order valence-corrected chi connectivity index (χ2v) is 7.38. The lowest BCUT2D eigenvalue weighted by molar-refractivity contribution is 0.465. The van der Waals surface area contributed by atoms with Gasteiger partial charge in [0.1, 0.15) is 5.82 Å². The van der Waals surface area contributed by atoms with Gasteiger partial charge in [-0.05, 0) is 38.1 Å². The predicted octanol–water partition coefficient (Wildman–Crippen LogP) is 4.16. The number of anilines is 3. The van der Waals surface area contributed by atoms with E-state index in [2.05, 4.69) is 30.5 Å². The molecular weight excluding hydrogens is 386 g/mol. The average molecular weight is 405 g/mol. The van der Waals surface area contributed by atoms with E-state index in [0.29, 0.717) is 28.6 Å². The minimum Gasteiger partial charge on any atom is -0.411 e. The van der Waals surface area contributed by atoms with Crippen molar-refractivity contribution in [2.45, 2.75) is 24.8 Å². The first-order valence-electron chi connectivity index (χ1n) is 8.92. The van der Waals surface area contributed by atoms with E-state index in [1.54, 1.807) is 0 Å². The summed E-state index contributed by atoms with van der Waals surface area (Å²) in [5.74, 6) is 1.96. The Hall–Kier alpha value is -3.46. The minimum atomic E-state index is 0.149. The van der Waals surface area contributed by atoms with E-state index >= 15 is 0 Å². The predicted molar refractivity (Wildman–Crippen MR) is 113 cm³/mol. The van der Waals surface area contributed by atoms with Crippen LogP contribution in [0.2, 0.25) is 0 Å². The van der Waals surface area contributed by atoms with Crippen molar-refractivity contribution in [2.24, 2.45) is 0 Å². The number of aryl methyl sites for hydroxylation is 2. The molecule has 0 spiro atoms. The molecule has 146 valence electrons. The first-order chi connectivity index (χ1) is 14.0. The molecule has 2 aromatic carbocycles. The number of hydrogen-bond acceptors (Lipinski definition) is 9. The lowest BCUT2D eigenvalue weighted by atomic mass is 10.1. The number of benzene rings is 2. The molecule has 9 heteroatoms. The molecule has 0 atom stereocenters. The van der Waals surface area contributed by atoms with Gasteiger partial charge in [-0.1, -0.05) is 47.2 Å². The lowest BCUT2D eigenvalue weighted by Gasteiger charge is -2.07. The first-order valence-corrected chi connectivity index (χ1v) is 9.91. The molecule has 8 nitrogen and oxygen atoms in total. The molecule has 2 heterocycles. The van der Waals surface area contributed by atoms with Crippen LogP contribution in [0.5, 0.6) is 0 Å². The third-order valence-electron chi connectivity index (χ3n) is 4.00. The molecule has 4 aromatic rings. The number of nitrogens with two attached hydrogens (primary N) is 1. The van der Waals surface area contributed by atoms with Crippen molar-refractivity contribution in [1.29, 1.82) is 0 Å². The molecule has 0 aliphatic carbocycles. The van der Waals surface area contributed by atoms with Crippen LogP contribution in [0, 0.1) is 13.8 Å². The van der Waals surface area contributed by atoms with E-state index in [-0.39, 0.29) is 5.95 Å². The van der Waals surface area contributed by atoms with Crippen LogP contribution < -0.4 is 11.1 Å². The zero-order valence-electron chi connectivity index (χ0n) is 16.0. The maximum atomic E-state index is 5.84. The molecule has 2 aromatic heterocycles. The van der Waals surface area contributed by atoms with Gasteiger partial charge in [0.05, 0.1) is 5.75 Å². The smallest absolute Gasteiger partial charge is 0.277 e. The molecule has 0 radical (unpaired) electrons. The summed E-state index contributed by atoms with van der Waals surface area (Å²) in [4.78, 5) is 12.7. The van der Waals surface area contributed by atoms with Crippen molar-refractivity contribution in [1.82, 2.24) is 25.1 Å². The Morgan fingerprint density at radius 2 is 1.79 bits per heavy atom. The number of nitrogen functional groups attached to an aromatic ring is 1. The molecule has 0 saturated heterocycles. The number of nitrogens with one attached hydrogen (secondary N) is 1. The zero-order chi connectivity index (χ0) is 20.2. The van der Waals surface area contributed by atoms with Gasteiger partial charge in [-0.25, -0.2) is 0 Å². The van der Waals surface area contributed by atoms with Crippen LogP contribution in [0.25, 0.3) is 11.5 Å². The normalized spacial score (nSPS) is 10.8. The number of aromatic nitrogens is 5. The Labute approximate surface area is 172 Å². The molecule has 4 rings (SSSR count). The van der Waals surface area contributed by atoms with Gasteiger partial charge in [0.2, 0.25) is 17.8 Å². The summed E-state index contributed by atoms with van der Waals surface area (Å²) in [7, 11) is 0. The van der Waals surface area contributed by atoms with Crippen LogP contribution in [0.4, 0.5) is 17.6 Å². The molecule has 0 aliphatic rings. The Morgan fingerprint density at radius 1 is 0.966 bits per heavy atom. The van der Waals surface area contributed by atoms with Gasteiger partial charge in [0.25, 0.3) is 5.22 Å². The van der Waals surface area contributed by atoms with E-state index < -0.39 is 0 Å². The number of hydrogen-bond donors (Lipinski definition) is 2. The maximum Gasteiger partial charge on any atom is 0.277 e. The van der Waals surface area contributed by atoms with Gasteiger partial charge in [-0.15, -0.1) is 10.2 Å². The highest BCUT2D eigenvalue weighted by molar-refractivity contribution is 7.98. The molecule has 0 amide bonds. The highest BCUT2D eigenvalue weighted by Crippen LogP contribution is 2.26. The standard InChI is InChI=1S/C20H19N7OS/c1-12-6-8-15(9-7-12)22-19-24-16(23-18(21)25-19)11-29-20-27-26-17(28-20)14-5-3-4-13(2)10-14/h3-10H,11H2,1-2H3,(H3,21,22,23,24,25). The van der Waals surface area contributed by atoms with Crippen LogP contribution >= 0.6 is 11.8 Å². The quantitative estimate of drug-likeness (QED) is 0.456. The van der Waals surface area contributed by atoms with Crippen LogP contribution in [-0.2, 0) is 5.75 Å². The van der Waals surface area contributed by atoms with Crippen molar-refractivity contribution in [3.63, 3.8) is 0 Å². The largest absolute Gasteiger partial charge is 0.411 e. The Morgan fingerprint density at radius 3 is 2.59 bits per heavy atom. The van der Waals surface area contributed by atoms with Crippen LogP contribution in [-0.4, -0.2) is 25.1 Å². The monoisotopic (exact) mass is 405 g/mol. The van der Waals surface area contributed by atoms with Gasteiger partial charge >= 0.3 is 0 Å². The summed E-state index contributed by atoms with van der Waals surface area (Å²) in [6, 6.07) is 15.8. The van der Waals surface area contributed by atoms with E-state index in [9.17, 15) is 0 Å². The van der Waals surface area contributed by atoms with Crippen molar-refractivity contribution < 1.29 is 4.42 Å². The first kappa shape index (κ1) is 18.9. The van der Waals surface area contributed by atoms with Crippen molar-refractivity contribution in [3.05, 3.63) is 65.5 Å². The lowest BCUT2D eigenvalue weighted by Crippen LogP contribution is -2.06. The highest BCUT2D eigenvalue weighted by atomic mass is 32.2. The molecule has 3 N–H and O–H groups in total. The Balaban J connectivity index is 1.44. The maximum absolute atomic E-state index is 5.84. The molecule has 0 aliphatic heterocycles. The third-order valence-corrected chi connectivity index (χ3v) is 4.82. The summed E-state index contributed by atoms with van der Waals surface area (Å²) >= 11 is 1.34. The number of thioether (sulfide) groups is 1. The van der Waals surface area contributed by atoms with Crippen molar-refractivity contribution in [3.8, 4) is 11.5 Å². The van der Waals surface area contributed by atoms with Crippen molar-refractivity contribution in [2.75, 3.05) is 11.1 Å². The second-order valence-electron chi connectivity index (χ2n) is 6.46. The fraction of sp³-hybridized carbons (Fsp3) is 0.150. The molecule has 29 heavy (non-hydrogen) atoms. The van der Waals surface area contributed by atoms with Crippen LogP contribution in [0.1, 0.15) is 17.0 Å². The van der Waals surface area contributed by atoms with Gasteiger partial charge in [0, 0.05) is 11.3 Å². The molecule has 0 bridgehead atoms. The molecule has 0 fully saturated rings. The summed E-state index contributed by atoms with van der Waals surface area (Å²) in [6.07, 6.45) is 0. The fourth-order valence-corrected chi connectivity index (χ4v) is 3.23. The van der Waals surface area contributed by atoms with E-state index in [1.165, 1.54) is 17.3 Å². The molecule has 0 unspecified atom stereocenters. The average Bonchev–Trinajstić information content (AvgIpc) is 3.17. The number of nitrogens with zero attached hydrogens (tertiary/aromatic N) is 5. The van der Waals surface area contributed by atoms with E-state index in [4.69, 9.17) is 10.2 Å². The summed E-state index contributed by atoms with van der Waals surface area (Å²) in [6.45, 7) is 4.05. The highest BCUT2D eigenvalue weighted by Gasteiger charge is 2.12. The fourth-order valence-electron chi connectivity index (χ4n) is 2.61. The van der Waals surface area contributed by atoms with Crippen LogP contribution in [0.3, 0.4) is 0 Å². The SMILES string of the molecule is Cc1ccc(Nc2nc(N)nc(CSc3nnc(-c4cccc(C)c4)o3)n2)cc1. The van der Waals surface area contributed by atoms with Crippen LogP contribution in [0.15, 0.2) is 58.2 Å². The zero-order valence-corrected chi connectivity index (χ0v) is 16.8. The van der Waals surface area contributed by atoms with Gasteiger partial charge in [0.15, 0.2) is 0 Å². The Bertz CT molecular complexity index is 1130. The van der Waals surface area contributed by atoms with Crippen molar-refractivity contribution >= 4 is 29.3 Å². The second kappa shape index (κ2) is 8.27. The van der Waals surface area contributed by atoms with Gasteiger partial charge in [-0.2, -0.15) is 15.0 Å². The summed E-state index contributed by atoms with van der Waals surface area (Å²) in [5.41, 5.74) is 9.90. The third kappa shape index (κ3) is 4.88. The number of rotatable bonds is 6. The van der Waals surface area contributed by atoms with Gasteiger partial charge in [-0.3, -0.25) is 0 Å². The van der Waals surface area contributed by atoms with E-state index in [1.807, 2.05) is 62.4 Å². The van der Waals surface area contributed by atoms with E-state index in [0.717, 1.165) is 16.8 Å². The molecular formula is C20H19N7OS. The van der Waals surface area contributed by atoms with Gasteiger partial charge < -0.3 is 15.5 Å². The summed E-state index contributed by atoms with van der Waals surface area (Å²) < 4.78 is 5.74. The topological polar surface area (TPSA) is 116 Å². The molecule has 0 saturated carbocycles.